The molecule has 4 N–H and O–H groups in total. The molecule has 0 bridgehead atoms. The molecular formula is C22H30N2. The Hall–Kier alpha value is -1.96. The van der Waals surface area contributed by atoms with E-state index in [2.05, 4.69) is 52.0 Å². The molecule has 0 aliphatic heterocycles. The Bertz CT molecular complexity index is 662. The van der Waals surface area contributed by atoms with Crippen molar-refractivity contribution >= 4 is 11.4 Å². The van der Waals surface area contributed by atoms with E-state index in [1.54, 1.807) is 0 Å². The predicted molar refractivity (Wildman–Crippen MR) is 105 cm³/mol. The second-order valence-corrected chi connectivity index (χ2v) is 7.69. The number of hydrogen-bond acceptors (Lipinski definition) is 2. The van der Waals surface area contributed by atoms with E-state index in [-0.39, 0.29) is 5.41 Å². The van der Waals surface area contributed by atoms with Gasteiger partial charge >= 0.3 is 0 Å². The van der Waals surface area contributed by atoms with Gasteiger partial charge < -0.3 is 11.5 Å². The van der Waals surface area contributed by atoms with E-state index in [4.69, 9.17) is 11.5 Å². The fourth-order valence-corrected chi connectivity index (χ4v) is 4.40. The highest BCUT2D eigenvalue weighted by atomic mass is 14.6. The second-order valence-electron chi connectivity index (χ2n) is 7.69. The van der Waals surface area contributed by atoms with Gasteiger partial charge in [-0.25, -0.2) is 0 Å². The quantitative estimate of drug-likeness (QED) is 0.734. The van der Waals surface area contributed by atoms with Crippen LogP contribution in [0.5, 0.6) is 0 Å². The normalized spacial score (nSPS) is 17.0. The van der Waals surface area contributed by atoms with Crippen molar-refractivity contribution in [1.82, 2.24) is 0 Å². The minimum absolute atomic E-state index is 0.102. The SMILES string of the molecule is Cc1cc(C2(c3cc(C)c(N)c(C)c3)CCCCC2)cc(C)c1N. The summed E-state index contributed by atoms with van der Waals surface area (Å²) in [6, 6.07) is 9.26. The molecule has 24 heavy (non-hydrogen) atoms. The van der Waals surface area contributed by atoms with E-state index in [0.29, 0.717) is 0 Å². The van der Waals surface area contributed by atoms with Crippen LogP contribution in [-0.4, -0.2) is 0 Å². The zero-order chi connectivity index (χ0) is 17.5. The molecule has 2 aromatic rings. The van der Waals surface area contributed by atoms with Gasteiger partial charge in [0.2, 0.25) is 0 Å². The Labute approximate surface area is 146 Å². The van der Waals surface area contributed by atoms with Crippen LogP contribution in [0, 0.1) is 27.7 Å². The fraction of sp³-hybridized carbons (Fsp3) is 0.455. The van der Waals surface area contributed by atoms with E-state index in [1.165, 1.54) is 65.5 Å². The zero-order valence-corrected chi connectivity index (χ0v) is 15.5. The monoisotopic (exact) mass is 322 g/mol. The van der Waals surface area contributed by atoms with Crippen LogP contribution in [0.4, 0.5) is 11.4 Å². The highest BCUT2D eigenvalue weighted by Gasteiger charge is 2.36. The molecule has 1 saturated carbocycles. The van der Waals surface area contributed by atoms with Crippen molar-refractivity contribution in [3.05, 3.63) is 57.6 Å². The standard InChI is InChI=1S/C22H30N2/c1-14-10-18(11-15(2)20(14)23)22(8-6-5-7-9-22)19-12-16(3)21(24)17(4)13-19/h10-13H,5-9,23-24H2,1-4H3. The number of hydrogen-bond donors (Lipinski definition) is 2. The maximum atomic E-state index is 6.21. The Kier molecular flexibility index (Phi) is 4.33. The van der Waals surface area contributed by atoms with Crippen LogP contribution in [-0.2, 0) is 5.41 Å². The third-order valence-electron chi connectivity index (χ3n) is 6.00. The molecule has 0 radical (unpaired) electrons. The first-order valence-electron chi connectivity index (χ1n) is 9.09. The van der Waals surface area contributed by atoms with E-state index >= 15 is 0 Å². The lowest BCUT2D eigenvalue weighted by Crippen LogP contribution is -2.31. The fourth-order valence-electron chi connectivity index (χ4n) is 4.40. The molecule has 1 aliphatic rings. The first-order valence-corrected chi connectivity index (χ1v) is 9.09. The van der Waals surface area contributed by atoms with Crippen LogP contribution in [0.3, 0.4) is 0 Å². The lowest BCUT2D eigenvalue weighted by atomic mass is 9.64. The molecule has 0 atom stereocenters. The number of anilines is 2. The van der Waals surface area contributed by atoms with Crippen molar-refractivity contribution in [2.75, 3.05) is 11.5 Å². The van der Waals surface area contributed by atoms with Crippen molar-refractivity contribution < 1.29 is 0 Å². The summed E-state index contributed by atoms with van der Waals surface area (Å²) < 4.78 is 0. The highest BCUT2D eigenvalue weighted by molar-refractivity contribution is 5.60. The largest absolute Gasteiger partial charge is 0.398 e. The van der Waals surface area contributed by atoms with Gasteiger partial charge in [-0.15, -0.1) is 0 Å². The first-order chi connectivity index (χ1) is 11.3. The molecule has 1 aliphatic carbocycles. The van der Waals surface area contributed by atoms with Crippen molar-refractivity contribution in [2.24, 2.45) is 0 Å². The summed E-state index contributed by atoms with van der Waals surface area (Å²) >= 11 is 0. The van der Waals surface area contributed by atoms with Gasteiger partial charge in [0.25, 0.3) is 0 Å². The van der Waals surface area contributed by atoms with Gasteiger partial charge in [-0.3, -0.25) is 0 Å². The molecular weight excluding hydrogens is 292 g/mol. The molecule has 0 unspecified atom stereocenters. The molecule has 1 fully saturated rings. The molecule has 0 saturated heterocycles. The summed E-state index contributed by atoms with van der Waals surface area (Å²) in [7, 11) is 0. The minimum atomic E-state index is 0.102. The molecule has 0 amide bonds. The summed E-state index contributed by atoms with van der Waals surface area (Å²) in [6.45, 7) is 8.51. The number of aryl methyl sites for hydroxylation is 4. The van der Waals surface area contributed by atoms with E-state index in [9.17, 15) is 0 Å². The van der Waals surface area contributed by atoms with Crippen molar-refractivity contribution in [3.8, 4) is 0 Å². The Balaban J connectivity index is 2.23. The highest BCUT2D eigenvalue weighted by Crippen LogP contribution is 2.46. The van der Waals surface area contributed by atoms with Gasteiger partial charge in [0.05, 0.1) is 0 Å². The van der Waals surface area contributed by atoms with Crippen LogP contribution in [0.1, 0.15) is 65.5 Å². The van der Waals surface area contributed by atoms with Crippen molar-refractivity contribution in [1.29, 1.82) is 0 Å². The Morgan fingerprint density at radius 3 is 1.29 bits per heavy atom. The lowest BCUT2D eigenvalue weighted by molar-refractivity contribution is 0.345. The van der Waals surface area contributed by atoms with E-state index in [1.807, 2.05) is 0 Å². The van der Waals surface area contributed by atoms with Crippen LogP contribution < -0.4 is 11.5 Å². The van der Waals surface area contributed by atoms with Gasteiger partial charge in [-0.2, -0.15) is 0 Å². The maximum absolute atomic E-state index is 6.21. The third-order valence-corrected chi connectivity index (χ3v) is 6.00. The number of benzene rings is 2. The van der Waals surface area contributed by atoms with E-state index in [0.717, 1.165) is 11.4 Å². The topological polar surface area (TPSA) is 52.0 Å². The zero-order valence-electron chi connectivity index (χ0n) is 15.5. The van der Waals surface area contributed by atoms with Gasteiger partial charge in [-0.1, -0.05) is 43.5 Å². The molecule has 128 valence electrons. The van der Waals surface area contributed by atoms with Gasteiger partial charge in [0, 0.05) is 16.8 Å². The molecule has 0 spiro atoms. The molecule has 3 rings (SSSR count). The van der Waals surface area contributed by atoms with Crippen LogP contribution >= 0.6 is 0 Å². The summed E-state index contributed by atoms with van der Waals surface area (Å²) in [4.78, 5) is 0. The summed E-state index contributed by atoms with van der Waals surface area (Å²) in [6.07, 6.45) is 6.31. The van der Waals surface area contributed by atoms with Crippen LogP contribution in [0.25, 0.3) is 0 Å². The smallest absolute Gasteiger partial charge is 0.0373 e. The minimum Gasteiger partial charge on any atom is -0.398 e. The molecule has 2 heteroatoms. The van der Waals surface area contributed by atoms with Gasteiger partial charge in [0.15, 0.2) is 0 Å². The maximum Gasteiger partial charge on any atom is 0.0373 e. The van der Waals surface area contributed by atoms with Gasteiger partial charge in [0.1, 0.15) is 0 Å². The summed E-state index contributed by atoms with van der Waals surface area (Å²) in [5.74, 6) is 0. The number of rotatable bonds is 2. The Morgan fingerprint density at radius 2 is 0.958 bits per heavy atom. The van der Waals surface area contributed by atoms with Crippen molar-refractivity contribution in [3.63, 3.8) is 0 Å². The molecule has 2 nitrogen and oxygen atoms in total. The number of nitrogen functional groups attached to an aromatic ring is 2. The summed E-state index contributed by atoms with van der Waals surface area (Å²) in [5.41, 5.74) is 22.0. The van der Waals surface area contributed by atoms with Crippen molar-refractivity contribution in [2.45, 2.75) is 65.2 Å². The Morgan fingerprint density at radius 1 is 0.625 bits per heavy atom. The first kappa shape index (κ1) is 16.9. The predicted octanol–water partition coefficient (Wildman–Crippen LogP) is 5.33. The third kappa shape index (κ3) is 2.68. The van der Waals surface area contributed by atoms with E-state index < -0.39 is 0 Å². The molecule has 0 heterocycles. The summed E-state index contributed by atoms with van der Waals surface area (Å²) in [5, 5.41) is 0. The van der Waals surface area contributed by atoms with Gasteiger partial charge in [-0.05, 0) is 73.9 Å². The van der Waals surface area contributed by atoms with Crippen LogP contribution in [0.2, 0.25) is 0 Å². The second kappa shape index (κ2) is 6.16. The van der Waals surface area contributed by atoms with Crippen LogP contribution in [0.15, 0.2) is 24.3 Å². The molecule has 2 aromatic carbocycles. The average molecular weight is 322 g/mol. The average Bonchev–Trinajstić information content (AvgIpc) is 2.57. The number of nitrogens with two attached hydrogens (primary N) is 2. The lowest BCUT2D eigenvalue weighted by Gasteiger charge is -2.40. The molecule has 0 aromatic heterocycles.